The first kappa shape index (κ1) is 31.6. The third-order valence-electron chi connectivity index (χ3n) is 7.04. The monoisotopic (exact) mass is 593 g/mol. The second kappa shape index (κ2) is 15.2. The van der Waals surface area contributed by atoms with Gasteiger partial charge in [0, 0.05) is 45.6 Å². The highest BCUT2D eigenvalue weighted by atomic mass is 35.5. The van der Waals surface area contributed by atoms with E-state index in [2.05, 4.69) is 20.9 Å². The van der Waals surface area contributed by atoms with E-state index in [1.54, 1.807) is 7.11 Å². The molecule has 220 valence electrons. The quantitative estimate of drug-likeness (QED) is 0.489. The number of nitrogens with one attached hydrogen (secondary N) is 3. The minimum atomic E-state index is -0.313. The molecule has 0 spiro atoms. The lowest BCUT2D eigenvalue weighted by Crippen LogP contribution is -2.41. The number of methoxy groups -OCH3 is 1. The van der Waals surface area contributed by atoms with Crippen LogP contribution < -0.4 is 25.4 Å². The lowest BCUT2D eigenvalue weighted by atomic mass is 10.1. The zero-order chi connectivity index (χ0) is 27.8. The number of ether oxygens (including phenoxy) is 2. The molecule has 10 nitrogen and oxygen atoms in total. The molecule has 1 aromatic carbocycles. The van der Waals surface area contributed by atoms with Crippen molar-refractivity contribution >= 4 is 41.5 Å². The number of amides is 3. The summed E-state index contributed by atoms with van der Waals surface area (Å²) in [5.41, 5.74) is 1.72. The Kier molecular flexibility index (Phi) is 12.0. The summed E-state index contributed by atoms with van der Waals surface area (Å²) in [5, 5.41) is 10.1. The highest BCUT2D eigenvalue weighted by Gasteiger charge is 2.31. The van der Waals surface area contributed by atoms with Crippen LogP contribution in [0.2, 0.25) is 0 Å². The maximum Gasteiger partial charge on any atom is 0.265 e. The average molecular weight is 594 g/mol. The number of thiazole rings is 1. The van der Waals surface area contributed by atoms with Crippen LogP contribution in [0.5, 0.6) is 11.5 Å². The van der Waals surface area contributed by atoms with E-state index in [4.69, 9.17) is 9.47 Å². The summed E-state index contributed by atoms with van der Waals surface area (Å²) in [7, 11) is 1.59. The standard InChI is InChI=1S/C28H39N5O5S.ClH/c1-18-26(39-19(2)32-18)28(36)33-13-5-4-11-30-27(35)22-16-21(17-31-22)38-23-9-7-20(15-24(23)37-3)8-10-25(34)29-12-6-14-33;/h7,9,15,21-22,31H,4-6,8,10-14,16-17H2,1-3H3,(H,29,34)(H,30,35);1H/t21-,22-;/m0./s1. The second-order valence-corrected chi connectivity index (χ2v) is 11.3. The number of halogens is 1. The lowest BCUT2D eigenvalue weighted by molar-refractivity contribution is -0.123. The van der Waals surface area contributed by atoms with Gasteiger partial charge in [0.15, 0.2) is 11.5 Å². The van der Waals surface area contributed by atoms with Gasteiger partial charge in [0.2, 0.25) is 11.8 Å². The van der Waals surface area contributed by atoms with Gasteiger partial charge in [-0.2, -0.15) is 0 Å². The van der Waals surface area contributed by atoms with Crippen LogP contribution in [0.4, 0.5) is 0 Å². The molecule has 12 heteroatoms. The largest absolute Gasteiger partial charge is 0.493 e. The van der Waals surface area contributed by atoms with Crippen molar-refractivity contribution in [3.8, 4) is 11.5 Å². The first-order valence-corrected chi connectivity index (χ1v) is 14.5. The Morgan fingerprint density at radius 1 is 1.10 bits per heavy atom. The van der Waals surface area contributed by atoms with Crippen molar-refractivity contribution in [2.45, 2.75) is 64.5 Å². The lowest BCUT2D eigenvalue weighted by Gasteiger charge is -2.23. The summed E-state index contributed by atoms with van der Waals surface area (Å²) in [6.07, 6.45) is 3.51. The van der Waals surface area contributed by atoms with Gasteiger partial charge in [-0.3, -0.25) is 14.4 Å². The van der Waals surface area contributed by atoms with Crippen molar-refractivity contribution in [2.75, 3.05) is 39.8 Å². The molecule has 0 radical (unpaired) electrons. The van der Waals surface area contributed by atoms with E-state index in [0.29, 0.717) is 74.8 Å². The molecule has 0 saturated carbocycles. The molecule has 2 aromatic rings. The second-order valence-electron chi connectivity index (χ2n) is 10.1. The minimum Gasteiger partial charge on any atom is -0.493 e. The Bertz CT molecular complexity index is 1180. The molecule has 40 heavy (non-hydrogen) atoms. The van der Waals surface area contributed by atoms with Crippen LogP contribution in [-0.2, 0) is 16.0 Å². The highest BCUT2D eigenvalue weighted by Crippen LogP contribution is 2.30. The maximum atomic E-state index is 13.3. The van der Waals surface area contributed by atoms with Crippen molar-refractivity contribution in [2.24, 2.45) is 0 Å². The minimum absolute atomic E-state index is 0. The molecule has 1 saturated heterocycles. The summed E-state index contributed by atoms with van der Waals surface area (Å²) in [4.78, 5) is 45.4. The van der Waals surface area contributed by atoms with Gasteiger partial charge in [-0.15, -0.1) is 23.7 Å². The van der Waals surface area contributed by atoms with E-state index >= 15 is 0 Å². The van der Waals surface area contributed by atoms with E-state index in [0.717, 1.165) is 29.1 Å². The average Bonchev–Trinajstić information content (AvgIpc) is 3.53. The molecule has 1 fully saturated rings. The van der Waals surface area contributed by atoms with Gasteiger partial charge in [0.25, 0.3) is 5.91 Å². The van der Waals surface area contributed by atoms with Gasteiger partial charge in [0.05, 0.1) is 23.9 Å². The van der Waals surface area contributed by atoms with Crippen LogP contribution in [0.15, 0.2) is 18.2 Å². The zero-order valence-corrected chi connectivity index (χ0v) is 25.1. The summed E-state index contributed by atoms with van der Waals surface area (Å²) in [5.74, 6) is 1.15. The number of benzene rings is 1. The number of fused-ring (bicyclic) bond motifs is 15. The Balaban J connectivity index is 0.00000441. The number of hydrogen-bond acceptors (Lipinski definition) is 8. The fourth-order valence-electron chi connectivity index (χ4n) is 4.93. The predicted molar refractivity (Wildman–Crippen MR) is 157 cm³/mol. The van der Waals surface area contributed by atoms with Crippen molar-refractivity contribution in [1.29, 1.82) is 0 Å². The summed E-state index contributed by atoms with van der Waals surface area (Å²) < 4.78 is 11.7. The molecule has 3 amide bonds. The van der Waals surface area contributed by atoms with Crippen LogP contribution in [0.3, 0.4) is 0 Å². The number of hydrogen-bond donors (Lipinski definition) is 3. The number of aryl methyl sites for hydroxylation is 3. The Morgan fingerprint density at radius 2 is 1.88 bits per heavy atom. The Morgan fingerprint density at radius 3 is 2.62 bits per heavy atom. The van der Waals surface area contributed by atoms with Crippen LogP contribution in [-0.4, -0.2) is 79.6 Å². The number of carbonyl (C=O) groups is 3. The van der Waals surface area contributed by atoms with Crippen LogP contribution in [0.25, 0.3) is 0 Å². The number of aromatic nitrogens is 1. The fourth-order valence-corrected chi connectivity index (χ4v) is 5.82. The number of nitrogens with zero attached hydrogens (tertiary/aromatic N) is 2. The number of carbonyl (C=O) groups excluding carboxylic acids is 3. The summed E-state index contributed by atoms with van der Waals surface area (Å²) >= 11 is 1.41. The van der Waals surface area contributed by atoms with Gasteiger partial charge in [-0.05, 0) is 57.2 Å². The van der Waals surface area contributed by atoms with Crippen molar-refractivity contribution in [3.05, 3.63) is 39.3 Å². The van der Waals surface area contributed by atoms with E-state index < -0.39 is 0 Å². The summed E-state index contributed by atoms with van der Waals surface area (Å²) in [6.45, 7) is 6.47. The predicted octanol–water partition coefficient (Wildman–Crippen LogP) is 2.79. The molecular weight excluding hydrogens is 554 g/mol. The normalized spacial score (nSPS) is 21.2. The Labute approximate surface area is 246 Å². The molecule has 5 rings (SSSR count). The molecule has 3 aliphatic rings. The summed E-state index contributed by atoms with van der Waals surface area (Å²) in [6, 6.07) is 5.39. The molecule has 4 bridgehead atoms. The third kappa shape index (κ3) is 8.55. The smallest absolute Gasteiger partial charge is 0.265 e. The SMILES string of the molecule is COc1cc2ccc1O[C@@H]1CN[C@@H](C1)C(=O)NCCCCN(C(=O)c1sc(C)nc1C)CCCNC(=O)CC2.Cl. The van der Waals surface area contributed by atoms with Crippen molar-refractivity contribution < 1.29 is 23.9 Å². The molecule has 3 aliphatic heterocycles. The van der Waals surface area contributed by atoms with Gasteiger partial charge in [0.1, 0.15) is 11.0 Å². The van der Waals surface area contributed by atoms with Crippen molar-refractivity contribution in [3.63, 3.8) is 0 Å². The molecule has 1 aromatic heterocycles. The molecular formula is C28H40ClN5O5S. The van der Waals surface area contributed by atoms with Crippen LogP contribution >= 0.6 is 23.7 Å². The van der Waals surface area contributed by atoms with Gasteiger partial charge >= 0.3 is 0 Å². The molecule has 0 aliphatic carbocycles. The third-order valence-corrected chi connectivity index (χ3v) is 8.10. The zero-order valence-electron chi connectivity index (χ0n) is 23.4. The van der Waals surface area contributed by atoms with E-state index in [1.165, 1.54) is 11.3 Å². The molecule has 2 atom stereocenters. The first-order valence-electron chi connectivity index (χ1n) is 13.7. The topological polar surface area (TPSA) is 122 Å². The number of rotatable bonds is 2. The van der Waals surface area contributed by atoms with Crippen LogP contribution in [0, 0.1) is 13.8 Å². The van der Waals surface area contributed by atoms with Gasteiger partial charge < -0.3 is 30.3 Å². The van der Waals surface area contributed by atoms with Gasteiger partial charge in [-0.1, -0.05) is 6.07 Å². The first-order chi connectivity index (χ1) is 18.8. The van der Waals surface area contributed by atoms with Gasteiger partial charge in [-0.25, -0.2) is 4.98 Å². The van der Waals surface area contributed by atoms with Crippen molar-refractivity contribution in [1.82, 2.24) is 25.8 Å². The molecule has 0 unspecified atom stereocenters. The van der Waals surface area contributed by atoms with E-state index in [9.17, 15) is 14.4 Å². The van der Waals surface area contributed by atoms with E-state index in [1.807, 2.05) is 36.9 Å². The van der Waals surface area contributed by atoms with Crippen LogP contribution in [0.1, 0.15) is 58.0 Å². The highest BCUT2D eigenvalue weighted by molar-refractivity contribution is 7.13. The van der Waals surface area contributed by atoms with E-state index in [-0.39, 0.29) is 42.3 Å². The molecule has 4 heterocycles. The molecule has 3 N–H and O–H groups in total. The maximum absolute atomic E-state index is 13.3. The Hall–Kier alpha value is -2.89. The fraction of sp³-hybridized carbons (Fsp3) is 0.571.